The van der Waals surface area contributed by atoms with Gasteiger partial charge in [0.2, 0.25) is 5.91 Å². The monoisotopic (exact) mass is 593 g/mol. The summed E-state index contributed by atoms with van der Waals surface area (Å²) in [6, 6.07) is 9.78. The van der Waals surface area contributed by atoms with Crippen molar-refractivity contribution in [3.05, 3.63) is 102 Å². The highest BCUT2D eigenvalue weighted by Gasteiger charge is 2.45. The fraction of sp³-hybridized carbons (Fsp3) is 0.300. The maximum Gasteiger partial charge on any atom is 0.274 e. The van der Waals surface area contributed by atoms with Crippen molar-refractivity contribution in [2.24, 2.45) is 5.41 Å². The van der Waals surface area contributed by atoms with Crippen molar-refractivity contribution >= 4 is 34.8 Å². The Kier molecular flexibility index (Phi) is 6.62. The Labute approximate surface area is 244 Å². The van der Waals surface area contributed by atoms with Gasteiger partial charge in [-0.15, -0.1) is 0 Å². The fourth-order valence-electron chi connectivity index (χ4n) is 5.27. The third-order valence-corrected chi connectivity index (χ3v) is 8.71. The molecule has 210 valence electrons. The quantitative estimate of drug-likeness (QED) is 0.282. The smallest absolute Gasteiger partial charge is 0.274 e. The first-order valence-corrected chi connectivity index (χ1v) is 14.0. The number of aromatic amines is 1. The molecule has 0 unspecified atom stereocenters. The molecule has 8 nitrogen and oxygen atoms in total. The molecule has 3 heterocycles. The van der Waals surface area contributed by atoms with Crippen LogP contribution in [0.5, 0.6) is 0 Å². The van der Waals surface area contributed by atoms with Crippen LogP contribution in [0.1, 0.15) is 60.4 Å². The predicted molar refractivity (Wildman–Crippen MR) is 156 cm³/mol. The van der Waals surface area contributed by atoms with Gasteiger partial charge in [0.1, 0.15) is 10.2 Å². The van der Waals surface area contributed by atoms with Gasteiger partial charge in [0.15, 0.2) is 5.82 Å². The van der Waals surface area contributed by atoms with Gasteiger partial charge in [-0.25, -0.2) is 9.49 Å². The fourth-order valence-corrected chi connectivity index (χ4v) is 5.71. The minimum absolute atomic E-state index is 0.0573. The highest BCUT2D eigenvalue weighted by Crippen LogP contribution is 2.55. The molecule has 1 amide bonds. The van der Waals surface area contributed by atoms with Gasteiger partial charge in [0, 0.05) is 28.4 Å². The lowest BCUT2D eigenvalue weighted by atomic mass is 10.0. The Bertz CT molecular complexity index is 1860. The van der Waals surface area contributed by atoms with E-state index in [1.165, 1.54) is 10.6 Å². The Hall–Kier alpha value is -3.82. The van der Waals surface area contributed by atoms with E-state index in [-0.39, 0.29) is 44.7 Å². The Morgan fingerprint density at radius 1 is 1.12 bits per heavy atom. The summed E-state index contributed by atoms with van der Waals surface area (Å²) in [5.74, 6) is -1.05. The van der Waals surface area contributed by atoms with Gasteiger partial charge in [0.25, 0.3) is 11.1 Å². The zero-order valence-electron chi connectivity index (χ0n) is 22.5. The SMILES string of the molecule is Cc1cnc(-c2cccc(NC(=O)C3(C)CC3)c2F)cc1-n1c(C)cc([C@H]2C[C@@H]2c2cc(Cl)n[nH]c2=O)c(Cl)c1=O. The number of halogens is 3. The summed E-state index contributed by atoms with van der Waals surface area (Å²) in [5.41, 5.74) is 2.38. The summed E-state index contributed by atoms with van der Waals surface area (Å²) in [6.07, 6.45) is 3.77. The number of carbonyl (C=O) groups excluding carboxylic acids is 1. The van der Waals surface area contributed by atoms with Crippen LogP contribution in [0, 0.1) is 25.1 Å². The molecule has 0 bridgehead atoms. The molecule has 2 atom stereocenters. The zero-order chi connectivity index (χ0) is 29.2. The van der Waals surface area contributed by atoms with Crippen molar-refractivity contribution in [1.82, 2.24) is 19.7 Å². The van der Waals surface area contributed by atoms with Crippen LogP contribution in [-0.4, -0.2) is 25.7 Å². The topological polar surface area (TPSA) is 110 Å². The van der Waals surface area contributed by atoms with E-state index in [1.807, 2.05) is 13.0 Å². The second-order valence-corrected chi connectivity index (χ2v) is 11.9. The lowest BCUT2D eigenvalue weighted by molar-refractivity contribution is -0.120. The first-order valence-electron chi connectivity index (χ1n) is 13.2. The maximum atomic E-state index is 15.6. The van der Waals surface area contributed by atoms with E-state index in [2.05, 4.69) is 20.5 Å². The van der Waals surface area contributed by atoms with E-state index in [0.29, 0.717) is 40.2 Å². The van der Waals surface area contributed by atoms with Crippen LogP contribution in [0.3, 0.4) is 0 Å². The molecular weight excluding hydrogens is 568 g/mol. The van der Waals surface area contributed by atoms with E-state index in [1.54, 1.807) is 44.3 Å². The van der Waals surface area contributed by atoms with Crippen LogP contribution >= 0.6 is 23.2 Å². The number of anilines is 1. The number of pyridine rings is 2. The summed E-state index contributed by atoms with van der Waals surface area (Å²) in [5, 5.41) is 9.05. The van der Waals surface area contributed by atoms with Crippen molar-refractivity contribution < 1.29 is 9.18 Å². The number of nitrogens with one attached hydrogen (secondary N) is 2. The van der Waals surface area contributed by atoms with Crippen molar-refractivity contribution in [2.45, 2.75) is 51.9 Å². The van der Waals surface area contributed by atoms with E-state index >= 15 is 4.39 Å². The number of aryl methyl sites for hydroxylation is 2. The first kappa shape index (κ1) is 27.4. The van der Waals surface area contributed by atoms with Crippen LogP contribution in [-0.2, 0) is 4.79 Å². The molecule has 1 aromatic carbocycles. The number of benzene rings is 1. The summed E-state index contributed by atoms with van der Waals surface area (Å²) >= 11 is 12.6. The number of H-pyrrole nitrogens is 1. The molecule has 2 fully saturated rings. The maximum absolute atomic E-state index is 15.6. The number of hydrogen-bond acceptors (Lipinski definition) is 5. The molecule has 4 aromatic rings. The number of hydrogen-bond donors (Lipinski definition) is 2. The summed E-state index contributed by atoms with van der Waals surface area (Å²) < 4.78 is 17.1. The normalized spacial score (nSPS) is 18.7. The minimum Gasteiger partial charge on any atom is -0.323 e. The van der Waals surface area contributed by atoms with Gasteiger partial charge in [-0.1, -0.05) is 36.2 Å². The number of aromatic nitrogens is 4. The summed E-state index contributed by atoms with van der Waals surface area (Å²) in [7, 11) is 0. The molecule has 2 N–H and O–H groups in total. The van der Waals surface area contributed by atoms with Crippen LogP contribution in [0.2, 0.25) is 10.2 Å². The lowest BCUT2D eigenvalue weighted by Gasteiger charge is -2.17. The van der Waals surface area contributed by atoms with Crippen LogP contribution in [0.15, 0.2) is 52.2 Å². The lowest BCUT2D eigenvalue weighted by Crippen LogP contribution is -2.23. The molecule has 0 aliphatic heterocycles. The molecule has 2 aliphatic carbocycles. The highest BCUT2D eigenvalue weighted by molar-refractivity contribution is 6.31. The van der Waals surface area contributed by atoms with E-state index in [4.69, 9.17) is 23.2 Å². The third kappa shape index (κ3) is 4.87. The standard InChI is InChI=1S/C30H26Cl2FN5O3/c1-14-13-34-22(16-5-4-6-21(26(16)33)35-29(41)30(3)7-8-30)12-23(14)38-15(2)9-19(25(32)28(38)40)17-10-18(17)20-11-24(31)36-37-27(20)39/h4-6,9,11-13,17-18H,7-8,10H2,1-3H3,(H,35,41)(H,37,39)/t17-,18-/m0/s1. The van der Waals surface area contributed by atoms with Crippen molar-refractivity contribution in [2.75, 3.05) is 5.32 Å². The molecule has 0 spiro atoms. The van der Waals surface area contributed by atoms with Crippen LogP contribution < -0.4 is 16.4 Å². The number of rotatable bonds is 6. The Morgan fingerprint density at radius 2 is 1.85 bits per heavy atom. The second-order valence-electron chi connectivity index (χ2n) is 11.2. The van der Waals surface area contributed by atoms with E-state index in [9.17, 15) is 14.4 Å². The molecule has 3 aromatic heterocycles. The van der Waals surface area contributed by atoms with Crippen molar-refractivity contribution in [1.29, 1.82) is 0 Å². The largest absolute Gasteiger partial charge is 0.323 e. The van der Waals surface area contributed by atoms with E-state index < -0.39 is 16.8 Å². The van der Waals surface area contributed by atoms with Crippen molar-refractivity contribution in [3.63, 3.8) is 0 Å². The first-order chi connectivity index (χ1) is 19.5. The highest BCUT2D eigenvalue weighted by atomic mass is 35.5. The van der Waals surface area contributed by atoms with Gasteiger partial charge in [-0.3, -0.25) is 23.9 Å². The van der Waals surface area contributed by atoms with Crippen LogP contribution in [0.25, 0.3) is 16.9 Å². The number of amides is 1. The van der Waals surface area contributed by atoms with Gasteiger partial charge >= 0.3 is 0 Å². The minimum atomic E-state index is -0.601. The average molecular weight is 594 g/mol. The predicted octanol–water partition coefficient (Wildman–Crippen LogP) is 6.06. The number of carbonyl (C=O) groups is 1. The molecule has 2 saturated carbocycles. The molecule has 0 radical (unpaired) electrons. The van der Waals surface area contributed by atoms with Gasteiger partial charge in [-0.05, 0) is 86.4 Å². The van der Waals surface area contributed by atoms with Gasteiger partial charge in [-0.2, -0.15) is 5.10 Å². The molecule has 0 saturated heterocycles. The van der Waals surface area contributed by atoms with E-state index in [0.717, 1.165) is 12.8 Å². The van der Waals surface area contributed by atoms with Crippen molar-refractivity contribution in [3.8, 4) is 16.9 Å². The molecular formula is C30H26Cl2FN5O3. The molecule has 2 aliphatic rings. The third-order valence-electron chi connectivity index (χ3n) is 8.14. The molecule has 11 heteroatoms. The average Bonchev–Trinajstić information content (AvgIpc) is 3.87. The Morgan fingerprint density at radius 3 is 2.59 bits per heavy atom. The van der Waals surface area contributed by atoms with Gasteiger partial charge in [0.05, 0.1) is 17.1 Å². The number of nitrogens with zero attached hydrogens (tertiary/aromatic N) is 3. The van der Waals surface area contributed by atoms with Crippen LogP contribution in [0.4, 0.5) is 10.1 Å². The summed E-state index contributed by atoms with van der Waals surface area (Å²) in [6.45, 7) is 5.45. The summed E-state index contributed by atoms with van der Waals surface area (Å²) in [4.78, 5) is 42.9. The molecule has 41 heavy (non-hydrogen) atoms. The Balaban J connectivity index is 1.36. The second kappa shape index (κ2) is 9.92. The molecule has 6 rings (SSSR count). The zero-order valence-corrected chi connectivity index (χ0v) is 24.0. The van der Waals surface area contributed by atoms with Gasteiger partial charge < -0.3 is 5.32 Å².